The topological polar surface area (TPSA) is 29.6 Å². The van der Waals surface area contributed by atoms with Gasteiger partial charge < -0.3 is 4.74 Å². The summed E-state index contributed by atoms with van der Waals surface area (Å²) in [6, 6.07) is 15.2. The zero-order chi connectivity index (χ0) is 11.4. The summed E-state index contributed by atoms with van der Waals surface area (Å²) in [6.45, 7) is 0. The van der Waals surface area contributed by atoms with Gasteiger partial charge in [-0.15, -0.1) is 0 Å². The zero-order valence-electron chi connectivity index (χ0n) is 8.94. The average molecular weight is 220 g/mol. The fourth-order valence-electron chi connectivity index (χ4n) is 2.33. The molecule has 1 aliphatic heterocycles. The molecule has 1 aliphatic rings. The molecule has 80 valence electrons. The summed E-state index contributed by atoms with van der Waals surface area (Å²) in [4.78, 5) is 12.4. The Morgan fingerprint density at radius 2 is 1.06 bits per heavy atom. The molecule has 0 aliphatic carbocycles. The van der Waals surface area contributed by atoms with Crippen molar-refractivity contribution in [1.82, 2.24) is 0 Å². The molecule has 3 aromatic rings. The Bertz CT molecular complexity index is 767. The van der Waals surface area contributed by atoms with Crippen molar-refractivity contribution in [3.05, 3.63) is 58.8 Å². The third kappa shape index (κ3) is 1.07. The van der Waals surface area contributed by atoms with Gasteiger partial charge in [0.15, 0.2) is 16.9 Å². The van der Waals surface area contributed by atoms with Gasteiger partial charge in [0, 0.05) is 21.5 Å². The predicted molar refractivity (Wildman–Crippen MR) is 67.8 cm³/mol. The lowest BCUT2D eigenvalue weighted by molar-refractivity contribution is 0.656. The molecule has 17 heavy (non-hydrogen) atoms. The lowest BCUT2D eigenvalue weighted by atomic mass is 10.1. The molecule has 2 heteroatoms. The molecule has 0 radical (unpaired) electrons. The van der Waals surface area contributed by atoms with Gasteiger partial charge in [-0.2, -0.15) is 0 Å². The van der Waals surface area contributed by atoms with Gasteiger partial charge in [-0.1, -0.05) is 48.5 Å². The Kier molecular flexibility index (Phi) is 1.47. The molecular weight excluding hydrogens is 212 g/mol. The van der Waals surface area contributed by atoms with Crippen LogP contribution < -0.4 is 10.2 Å². The molecule has 0 spiro atoms. The van der Waals surface area contributed by atoms with Crippen LogP contribution in [0.2, 0.25) is 0 Å². The highest BCUT2D eigenvalue weighted by molar-refractivity contribution is 6.05. The van der Waals surface area contributed by atoms with E-state index >= 15 is 0 Å². The molecule has 0 atom stereocenters. The van der Waals surface area contributed by atoms with Gasteiger partial charge in [0.25, 0.3) is 0 Å². The minimum atomic E-state index is 0.0759. The smallest absolute Gasteiger partial charge is 0.194 e. The van der Waals surface area contributed by atoms with E-state index in [2.05, 4.69) is 0 Å². The molecule has 0 saturated heterocycles. The van der Waals surface area contributed by atoms with Crippen molar-refractivity contribution in [1.29, 1.82) is 0 Å². The van der Waals surface area contributed by atoms with Crippen molar-refractivity contribution in [2.45, 2.75) is 0 Å². The van der Waals surface area contributed by atoms with E-state index in [1.807, 2.05) is 48.5 Å². The van der Waals surface area contributed by atoms with E-state index in [-0.39, 0.29) is 5.43 Å². The maximum atomic E-state index is 12.4. The number of fused-ring (bicyclic) bond motifs is 5. The van der Waals surface area contributed by atoms with Crippen LogP contribution in [0.3, 0.4) is 0 Å². The van der Waals surface area contributed by atoms with Gasteiger partial charge in [-0.3, -0.25) is 4.79 Å². The first-order valence-corrected chi connectivity index (χ1v) is 5.52. The molecule has 0 fully saturated rings. The number of rotatable bonds is 0. The van der Waals surface area contributed by atoms with Crippen LogP contribution >= 0.6 is 0 Å². The van der Waals surface area contributed by atoms with Gasteiger partial charge in [0.05, 0.1) is 0 Å². The molecule has 4 rings (SSSR count). The second kappa shape index (κ2) is 2.86. The third-order valence-electron chi connectivity index (χ3n) is 3.20. The van der Waals surface area contributed by atoms with Crippen LogP contribution in [0.25, 0.3) is 21.5 Å². The van der Waals surface area contributed by atoms with E-state index in [4.69, 9.17) is 4.74 Å². The SMILES string of the molecule is O=c1c2ccccc2c2c(c3ccccc13)O2. The molecule has 0 aromatic heterocycles. The summed E-state index contributed by atoms with van der Waals surface area (Å²) in [7, 11) is 0. The monoisotopic (exact) mass is 220 g/mol. The minimum absolute atomic E-state index is 0.0759. The first kappa shape index (κ1) is 8.76. The lowest BCUT2D eigenvalue weighted by Crippen LogP contribution is -1.98. The fourth-order valence-corrected chi connectivity index (χ4v) is 2.33. The summed E-state index contributed by atoms with van der Waals surface area (Å²) >= 11 is 0. The van der Waals surface area contributed by atoms with Crippen LogP contribution in [-0.4, -0.2) is 0 Å². The highest BCUT2D eigenvalue weighted by Crippen LogP contribution is 2.52. The standard InChI is InChI=1S/C15H8O2/c16-13-9-5-1-3-7-11(9)14-15(17-14)12-8-4-2-6-10(12)13/h1-8H. The van der Waals surface area contributed by atoms with E-state index in [9.17, 15) is 4.79 Å². The van der Waals surface area contributed by atoms with Crippen LogP contribution in [-0.2, 0) is 0 Å². The molecule has 0 saturated carbocycles. The van der Waals surface area contributed by atoms with E-state index in [1.165, 1.54) is 0 Å². The number of hydrogen-bond acceptors (Lipinski definition) is 2. The first-order valence-electron chi connectivity index (χ1n) is 5.52. The Morgan fingerprint density at radius 1 is 0.647 bits per heavy atom. The molecular formula is C15H8O2. The molecule has 3 aromatic carbocycles. The Morgan fingerprint density at radius 3 is 1.53 bits per heavy atom. The summed E-state index contributed by atoms with van der Waals surface area (Å²) in [5, 5.41) is 3.26. The predicted octanol–water partition coefficient (Wildman–Crippen LogP) is 3.46. The number of benzene rings is 2. The van der Waals surface area contributed by atoms with Gasteiger partial charge in [0.2, 0.25) is 0 Å². The molecule has 0 amide bonds. The summed E-state index contributed by atoms with van der Waals surface area (Å²) in [5.74, 6) is 1.69. The van der Waals surface area contributed by atoms with Gasteiger partial charge in [-0.05, 0) is 0 Å². The van der Waals surface area contributed by atoms with Crippen molar-refractivity contribution >= 4 is 21.5 Å². The van der Waals surface area contributed by atoms with Crippen molar-refractivity contribution in [3.8, 4) is 11.5 Å². The second-order valence-electron chi connectivity index (χ2n) is 4.18. The normalized spacial score (nSPS) is 12.2. The fraction of sp³-hybridized carbons (Fsp3) is 0. The van der Waals surface area contributed by atoms with Gasteiger partial charge >= 0.3 is 0 Å². The van der Waals surface area contributed by atoms with Crippen molar-refractivity contribution in [3.63, 3.8) is 0 Å². The van der Waals surface area contributed by atoms with Crippen molar-refractivity contribution < 1.29 is 4.74 Å². The Balaban J connectivity index is 2.44. The minimum Gasteiger partial charge on any atom is -0.448 e. The first-order chi connectivity index (χ1) is 8.36. The van der Waals surface area contributed by atoms with Crippen LogP contribution in [0, 0.1) is 0 Å². The summed E-state index contributed by atoms with van der Waals surface area (Å²) in [6.07, 6.45) is 0. The lowest BCUT2D eigenvalue weighted by Gasteiger charge is -1.92. The molecule has 0 bridgehead atoms. The molecule has 2 nitrogen and oxygen atoms in total. The maximum absolute atomic E-state index is 12.4. The van der Waals surface area contributed by atoms with E-state index in [1.54, 1.807) is 0 Å². The van der Waals surface area contributed by atoms with Crippen LogP contribution in [0.5, 0.6) is 11.5 Å². The van der Waals surface area contributed by atoms with Crippen LogP contribution in [0.15, 0.2) is 53.3 Å². The molecule has 0 unspecified atom stereocenters. The quantitative estimate of drug-likeness (QED) is 0.425. The largest absolute Gasteiger partial charge is 0.448 e. The Labute approximate surface area is 97.1 Å². The van der Waals surface area contributed by atoms with Crippen molar-refractivity contribution in [2.75, 3.05) is 0 Å². The average Bonchev–Trinajstić information content (AvgIpc) is 3.18. The van der Waals surface area contributed by atoms with Crippen molar-refractivity contribution in [2.24, 2.45) is 0 Å². The Hall–Kier alpha value is -2.35. The number of hydrogen-bond donors (Lipinski definition) is 0. The van der Waals surface area contributed by atoms with Gasteiger partial charge in [0.1, 0.15) is 0 Å². The second-order valence-corrected chi connectivity index (χ2v) is 4.18. The molecule has 0 N–H and O–H groups in total. The maximum Gasteiger partial charge on any atom is 0.194 e. The molecule has 1 heterocycles. The highest BCUT2D eigenvalue weighted by Gasteiger charge is 2.26. The van der Waals surface area contributed by atoms with E-state index in [0.717, 1.165) is 33.0 Å². The van der Waals surface area contributed by atoms with E-state index in [0.29, 0.717) is 0 Å². The van der Waals surface area contributed by atoms with Gasteiger partial charge in [-0.25, -0.2) is 0 Å². The third-order valence-corrected chi connectivity index (χ3v) is 3.20. The van der Waals surface area contributed by atoms with Crippen LogP contribution in [0.1, 0.15) is 0 Å². The zero-order valence-corrected chi connectivity index (χ0v) is 8.94. The number of ether oxygens (including phenoxy) is 1. The summed E-state index contributed by atoms with van der Waals surface area (Å²) in [5.41, 5.74) is 0.0759. The van der Waals surface area contributed by atoms with Crippen LogP contribution in [0.4, 0.5) is 0 Å². The summed E-state index contributed by atoms with van der Waals surface area (Å²) < 4.78 is 5.54. The highest BCUT2D eigenvalue weighted by atomic mass is 16.6. The van der Waals surface area contributed by atoms with E-state index < -0.39 is 0 Å².